The standard InChI is InChI=1S/C66H41NO2/c1-2-19-42(20-3-1)44-21-12-15-33-60(44)67(61-34-18-32-57-51-28-9-8-26-49(51)53-29-13-16-35-62(53)68-65(57)61)43-37-38-52-48-25-7-5-23-46(48)45-22-4-6-24-47(45)50-27-10-11-31-55(50)64-56(59(52)41-43)39-40-58-54-30-14-17-36-63(54)69-66(58)64/h1-41H. The second kappa shape index (κ2) is 15.7. The number of fused-ring (bicyclic) bond motifs is 19. The Bertz CT molecular complexity index is 4300. The number of benzene rings is 11. The molecule has 0 aliphatic carbocycles. The summed E-state index contributed by atoms with van der Waals surface area (Å²) in [7, 11) is 0. The molecule has 0 atom stereocenters. The molecule has 1 aliphatic heterocycles. The van der Waals surface area contributed by atoms with Crippen molar-refractivity contribution in [2.24, 2.45) is 0 Å². The fraction of sp³-hybridized carbons (Fsp3) is 0. The largest absolute Gasteiger partial charge is 0.455 e. The van der Waals surface area contributed by atoms with Crippen LogP contribution in [0, 0.1) is 0 Å². The molecule has 13 aromatic rings. The van der Waals surface area contributed by atoms with E-state index in [1.165, 1.54) is 16.2 Å². The Morgan fingerprint density at radius 2 is 0.768 bits per heavy atom. The molecule has 3 nitrogen and oxygen atoms in total. The number of furan rings is 1. The van der Waals surface area contributed by atoms with Gasteiger partial charge in [0.25, 0.3) is 0 Å². The quantitative estimate of drug-likeness (QED) is 0.176. The first-order chi connectivity index (χ1) is 34.3. The number of rotatable bonds is 4. The highest BCUT2D eigenvalue weighted by molar-refractivity contribution is 6.31. The highest BCUT2D eigenvalue weighted by atomic mass is 16.5. The third kappa shape index (κ3) is 6.14. The molecular formula is C66H41NO2. The van der Waals surface area contributed by atoms with E-state index in [1.807, 2.05) is 0 Å². The van der Waals surface area contributed by atoms with Crippen LogP contribution in [0.15, 0.2) is 253 Å². The SMILES string of the molecule is c1ccc(-c2ccccc2N(c2ccc3c4ccccc4c4ccccc4c4ccccc4c4c(ccc5c6ccccc6oc54)c3c2)c2cccc3c2Oc2ccccc2-c2ccccc2-3)cc1. The second-order valence-electron chi connectivity index (χ2n) is 17.8. The van der Waals surface area contributed by atoms with Gasteiger partial charge < -0.3 is 14.1 Å². The molecule has 0 saturated carbocycles. The second-order valence-corrected chi connectivity index (χ2v) is 17.8. The number of anilines is 3. The summed E-state index contributed by atoms with van der Waals surface area (Å²) in [4.78, 5) is 2.41. The summed E-state index contributed by atoms with van der Waals surface area (Å²) in [5.74, 6) is 1.61. The minimum Gasteiger partial charge on any atom is -0.455 e. The van der Waals surface area contributed by atoms with E-state index in [2.05, 4.69) is 254 Å². The van der Waals surface area contributed by atoms with Crippen molar-refractivity contribution in [2.75, 3.05) is 4.90 Å². The first-order valence-electron chi connectivity index (χ1n) is 23.6. The zero-order chi connectivity index (χ0) is 45.4. The molecule has 322 valence electrons. The zero-order valence-corrected chi connectivity index (χ0v) is 37.4. The van der Waals surface area contributed by atoms with E-state index in [4.69, 9.17) is 9.15 Å². The van der Waals surface area contributed by atoms with Crippen LogP contribution in [0.2, 0.25) is 0 Å². The maximum atomic E-state index is 7.26. The monoisotopic (exact) mass is 879 g/mol. The van der Waals surface area contributed by atoms with Crippen LogP contribution in [0.1, 0.15) is 0 Å². The van der Waals surface area contributed by atoms with Gasteiger partial charge in [-0.1, -0.05) is 206 Å². The van der Waals surface area contributed by atoms with Crippen molar-refractivity contribution in [1.29, 1.82) is 0 Å². The summed E-state index contributed by atoms with van der Waals surface area (Å²) in [6, 6.07) is 89.6. The lowest BCUT2D eigenvalue weighted by Crippen LogP contribution is -2.12. The highest BCUT2D eigenvalue weighted by Crippen LogP contribution is 2.54. The summed E-state index contributed by atoms with van der Waals surface area (Å²) >= 11 is 0. The van der Waals surface area contributed by atoms with E-state index in [0.29, 0.717) is 0 Å². The third-order valence-corrected chi connectivity index (χ3v) is 14.1. The number of para-hydroxylation sites is 4. The summed E-state index contributed by atoms with van der Waals surface area (Å²) < 4.78 is 14.3. The maximum absolute atomic E-state index is 7.26. The van der Waals surface area contributed by atoms with Gasteiger partial charge in [-0.3, -0.25) is 0 Å². The molecule has 0 amide bonds. The van der Waals surface area contributed by atoms with Gasteiger partial charge in [-0.25, -0.2) is 0 Å². The fourth-order valence-corrected chi connectivity index (χ4v) is 11.1. The normalized spacial score (nSPS) is 11.9. The van der Waals surface area contributed by atoms with Crippen LogP contribution < -0.4 is 9.64 Å². The lowest BCUT2D eigenvalue weighted by Gasteiger charge is -2.30. The average Bonchev–Trinajstić information content (AvgIpc) is 3.73. The van der Waals surface area contributed by atoms with Gasteiger partial charge in [0, 0.05) is 38.5 Å². The fourth-order valence-electron chi connectivity index (χ4n) is 11.1. The van der Waals surface area contributed by atoms with Crippen LogP contribution in [0.4, 0.5) is 17.1 Å². The zero-order valence-electron chi connectivity index (χ0n) is 37.4. The van der Waals surface area contributed by atoms with Gasteiger partial charge >= 0.3 is 0 Å². The molecule has 0 spiro atoms. The van der Waals surface area contributed by atoms with Crippen LogP contribution in [0.5, 0.6) is 11.5 Å². The molecule has 0 radical (unpaired) electrons. The van der Waals surface area contributed by atoms with Crippen molar-refractivity contribution in [3.63, 3.8) is 0 Å². The molecule has 0 saturated heterocycles. The van der Waals surface area contributed by atoms with E-state index >= 15 is 0 Å². The molecular weight excluding hydrogens is 839 g/mol. The Labute approximate surface area is 398 Å². The first kappa shape index (κ1) is 39.0. The summed E-state index contributed by atoms with van der Waals surface area (Å²) in [5, 5.41) is 13.5. The van der Waals surface area contributed by atoms with Gasteiger partial charge in [0.1, 0.15) is 16.9 Å². The topological polar surface area (TPSA) is 25.6 Å². The molecule has 12 aromatic carbocycles. The smallest absolute Gasteiger partial charge is 0.159 e. The van der Waals surface area contributed by atoms with E-state index in [1.54, 1.807) is 0 Å². The minimum absolute atomic E-state index is 0.790. The summed E-state index contributed by atoms with van der Waals surface area (Å²) in [5.41, 5.74) is 11.3. The Hall–Kier alpha value is -9.18. The molecule has 2 heterocycles. The Kier molecular flexibility index (Phi) is 8.90. The van der Waals surface area contributed by atoms with Gasteiger partial charge in [-0.2, -0.15) is 0 Å². The number of hydrogen-bond donors (Lipinski definition) is 0. The van der Waals surface area contributed by atoms with Gasteiger partial charge in [-0.15, -0.1) is 0 Å². The van der Waals surface area contributed by atoms with Gasteiger partial charge in [-0.05, 0) is 108 Å². The van der Waals surface area contributed by atoms with Gasteiger partial charge in [0.15, 0.2) is 5.75 Å². The van der Waals surface area contributed by atoms with Crippen LogP contribution >= 0.6 is 0 Å². The predicted octanol–water partition coefficient (Wildman–Crippen LogP) is 19.1. The van der Waals surface area contributed by atoms with E-state index < -0.39 is 0 Å². The maximum Gasteiger partial charge on any atom is 0.159 e. The molecule has 1 aliphatic rings. The molecule has 0 bridgehead atoms. The van der Waals surface area contributed by atoms with Crippen LogP contribution in [-0.2, 0) is 0 Å². The van der Waals surface area contributed by atoms with Crippen LogP contribution in [0.25, 0.3) is 109 Å². The third-order valence-electron chi connectivity index (χ3n) is 14.1. The van der Waals surface area contributed by atoms with Crippen LogP contribution in [0.3, 0.4) is 0 Å². The van der Waals surface area contributed by atoms with Gasteiger partial charge in [0.05, 0.1) is 11.4 Å². The van der Waals surface area contributed by atoms with E-state index in [0.717, 1.165) is 122 Å². The van der Waals surface area contributed by atoms with Crippen molar-refractivity contribution in [1.82, 2.24) is 0 Å². The molecule has 3 heteroatoms. The van der Waals surface area contributed by atoms with Crippen molar-refractivity contribution in [3.8, 4) is 44.9 Å². The molecule has 1 aromatic heterocycles. The lowest BCUT2D eigenvalue weighted by atomic mass is 9.93. The first-order valence-corrected chi connectivity index (χ1v) is 23.6. The Morgan fingerprint density at radius 1 is 0.290 bits per heavy atom. The predicted molar refractivity (Wildman–Crippen MR) is 290 cm³/mol. The summed E-state index contributed by atoms with van der Waals surface area (Å²) in [6.07, 6.45) is 0. The molecule has 69 heavy (non-hydrogen) atoms. The van der Waals surface area contributed by atoms with Crippen molar-refractivity contribution >= 4 is 92.9 Å². The van der Waals surface area contributed by atoms with Gasteiger partial charge in [0.2, 0.25) is 0 Å². The van der Waals surface area contributed by atoms with E-state index in [-0.39, 0.29) is 0 Å². The Balaban J connectivity index is 1.17. The Morgan fingerprint density at radius 3 is 1.49 bits per heavy atom. The molecule has 0 fully saturated rings. The van der Waals surface area contributed by atoms with Crippen molar-refractivity contribution < 1.29 is 9.15 Å². The van der Waals surface area contributed by atoms with E-state index in [9.17, 15) is 0 Å². The summed E-state index contributed by atoms with van der Waals surface area (Å²) in [6.45, 7) is 0. The number of nitrogens with zero attached hydrogens (tertiary/aromatic N) is 1. The van der Waals surface area contributed by atoms with Crippen LogP contribution in [-0.4, -0.2) is 0 Å². The highest BCUT2D eigenvalue weighted by Gasteiger charge is 2.28. The molecule has 0 unspecified atom stereocenters. The molecule has 14 rings (SSSR count). The number of hydrogen-bond acceptors (Lipinski definition) is 3. The molecule has 0 N–H and O–H groups in total. The van der Waals surface area contributed by atoms with Crippen molar-refractivity contribution in [2.45, 2.75) is 0 Å². The minimum atomic E-state index is 0.790. The number of ether oxygens (including phenoxy) is 1. The lowest BCUT2D eigenvalue weighted by molar-refractivity contribution is 0.489. The average molecular weight is 880 g/mol. The van der Waals surface area contributed by atoms with Crippen molar-refractivity contribution in [3.05, 3.63) is 249 Å².